The molecule has 2 amide bonds. The lowest BCUT2D eigenvalue weighted by Gasteiger charge is -2.14. The van der Waals surface area contributed by atoms with Gasteiger partial charge in [-0.05, 0) is 18.4 Å². The molecule has 106 valence electrons. The topological polar surface area (TPSA) is 115 Å². The summed E-state index contributed by atoms with van der Waals surface area (Å²) in [6.45, 7) is 0. The Morgan fingerprint density at radius 3 is 2.70 bits per heavy atom. The molecule has 1 fully saturated rings. The molecule has 0 heterocycles. The Morgan fingerprint density at radius 1 is 1.45 bits per heavy atom. The van der Waals surface area contributed by atoms with Crippen molar-refractivity contribution < 1.29 is 14.5 Å². The molecule has 1 aromatic rings. The second kappa shape index (κ2) is 5.68. The third-order valence-corrected chi connectivity index (χ3v) is 3.23. The number of hydrogen-bond acceptors (Lipinski definition) is 4. The van der Waals surface area contributed by atoms with Crippen LogP contribution in [0.4, 0.5) is 5.69 Å². The van der Waals surface area contributed by atoms with Gasteiger partial charge in [-0.1, -0.05) is 18.9 Å². The number of amides is 2. The maximum atomic E-state index is 12.0. The van der Waals surface area contributed by atoms with Gasteiger partial charge in [-0.15, -0.1) is 0 Å². The van der Waals surface area contributed by atoms with Gasteiger partial charge in [-0.2, -0.15) is 0 Å². The molecule has 0 aliphatic heterocycles. The second-order valence-corrected chi connectivity index (χ2v) is 4.91. The minimum Gasteiger partial charge on any atom is -0.368 e. The van der Waals surface area contributed by atoms with Gasteiger partial charge in [0.05, 0.1) is 4.92 Å². The number of nitrogens with zero attached hydrogens (tertiary/aromatic N) is 1. The van der Waals surface area contributed by atoms with E-state index < -0.39 is 22.8 Å². The minimum atomic E-state index is -0.728. The van der Waals surface area contributed by atoms with Crippen LogP contribution in [0.25, 0.3) is 0 Å². The molecular formula is C13H15N3O4. The first-order chi connectivity index (χ1) is 9.47. The van der Waals surface area contributed by atoms with E-state index in [4.69, 9.17) is 5.73 Å². The first-order valence-electron chi connectivity index (χ1n) is 6.32. The number of hydrogen-bond donors (Lipinski definition) is 2. The Hall–Kier alpha value is -2.44. The van der Waals surface area contributed by atoms with E-state index in [1.165, 1.54) is 24.3 Å². The molecule has 1 atom stereocenters. The zero-order valence-corrected chi connectivity index (χ0v) is 10.7. The van der Waals surface area contributed by atoms with Crippen molar-refractivity contribution >= 4 is 17.5 Å². The first-order valence-corrected chi connectivity index (χ1v) is 6.32. The maximum absolute atomic E-state index is 12.0. The maximum Gasteiger partial charge on any atom is 0.270 e. The van der Waals surface area contributed by atoms with Gasteiger partial charge in [0, 0.05) is 17.7 Å². The van der Waals surface area contributed by atoms with E-state index in [0.29, 0.717) is 12.3 Å². The largest absolute Gasteiger partial charge is 0.368 e. The molecule has 2 rings (SSSR count). The van der Waals surface area contributed by atoms with Crippen LogP contribution in [0.1, 0.15) is 29.6 Å². The summed E-state index contributed by atoms with van der Waals surface area (Å²) in [6, 6.07) is 4.62. The molecule has 0 aromatic heterocycles. The molecule has 0 saturated heterocycles. The Kier molecular flexibility index (Phi) is 3.97. The number of nitro groups is 1. The molecule has 0 unspecified atom stereocenters. The number of carbonyl (C=O) groups is 2. The van der Waals surface area contributed by atoms with E-state index in [0.717, 1.165) is 12.8 Å². The average Bonchev–Trinajstić information content (AvgIpc) is 3.21. The molecule has 1 aliphatic rings. The SMILES string of the molecule is NC(=O)[C@@H](CC1CC1)NC(=O)c1cccc([N+](=O)[O-])c1. The van der Waals surface area contributed by atoms with Gasteiger partial charge in [-0.3, -0.25) is 19.7 Å². The molecule has 0 spiro atoms. The van der Waals surface area contributed by atoms with E-state index in [2.05, 4.69) is 5.32 Å². The van der Waals surface area contributed by atoms with Crippen molar-refractivity contribution in [1.82, 2.24) is 5.32 Å². The number of nitrogens with one attached hydrogen (secondary N) is 1. The van der Waals surface area contributed by atoms with Gasteiger partial charge >= 0.3 is 0 Å². The Bertz CT molecular complexity index is 554. The highest BCUT2D eigenvalue weighted by Gasteiger charge is 2.29. The Balaban J connectivity index is 2.07. The highest BCUT2D eigenvalue weighted by Crippen LogP contribution is 2.33. The summed E-state index contributed by atoms with van der Waals surface area (Å²) in [5.41, 5.74) is 5.22. The van der Waals surface area contributed by atoms with Crippen molar-refractivity contribution in [3.63, 3.8) is 0 Å². The highest BCUT2D eigenvalue weighted by molar-refractivity contribution is 5.97. The number of nitrogens with two attached hydrogens (primary N) is 1. The zero-order valence-electron chi connectivity index (χ0n) is 10.7. The molecular weight excluding hydrogens is 262 g/mol. The van der Waals surface area contributed by atoms with Crippen LogP contribution in [0.2, 0.25) is 0 Å². The smallest absolute Gasteiger partial charge is 0.270 e. The van der Waals surface area contributed by atoms with E-state index in [-0.39, 0.29) is 11.3 Å². The fraction of sp³-hybridized carbons (Fsp3) is 0.385. The average molecular weight is 277 g/mol. The van der Waals surface area contributed by atoms with Crippen molar-refractivity contribution in [3.05, 3.63) is 39.9 Å². The van der Waals surface area contributed by atoms with Crippen LogP contribution in [0, 0.1) is 16.0 Å². The quantitative estimate of drug-likeness (QED) is 0.595. The van der Waals surface area contributed by atoms with Crippen LogP contribution >= 0.6 is 0 Å². The van der Waals surface area contributed by atoms with Crippen molar-refractivity contribution in [2.75, 3.05) is 0 Å². The van der Waals surface area contributed by atoms with Crippen LogP contribution in [0.3, 0.4) is 0 Å². The number of benzene rings is 1. The monoisotopic (exact) mass is 277 g/mol. The van der Waals surface area contributed by atoms with Crippen LogP contribution in [-0.2, 0) is 4.79 Å². The summed E-state index contributed by atoms with van der Waals surface area (Å²) in [6.07, 6.45) is 2.60. The molecule has 7 heteroatoms. The number of rotatable bonds is 6. The lowest BCUT2D eigenvalue weighted by molar-refractivity contribution is -0.384. The summed E-state index contributed by atoms with van der Waals surface area (Å²) < 4.78 is 0. The van der Waals surface area contributed by atoms with Crippen LogP contribution in [0.5, 0.6) is 0 Å². The van der Waals surface area contributed by atoms with E-state index in [1.807, 2.05) is 0 Å². The Morgan fingerprint density at radius 2 is 2.15 bits per heavy atom. The molecule has 0 bridgehead atoms. The molecule has 20 heavy (non-hydrogen) atoms. The van der Waals surface area contributed by atoms with Crippen LogP contribution < -0.4 is 11.1 Å². The van der Waals surface area contributed by atoms with Gasteiger partial charge in [-0.25, -0.2) is 0 Å². The van der Waals surface area contributed by atoms with E-state index >= 15 is 0 Å². The number of nitro benzene ring substituents is 1. The summed E-state index contributed by atoms with van der Waals surface area (Å²) in [4.78, 5) is 33.4. The summed E-state index contributed by atoms with van der Waals surface area (Å²) in [5, 5.41) is 13.2. The molecule has 1 saturated carbocycles. The third kappa shape index (κ3) is 3.53. The van der Waals surface area contributed by atoms with Crippen molar-refractivity contribution in [2.45, 2.75) is 25.3 Å². The number of non-ortho nitro benzene ring substituents is 1. The predicted octanol–water partition coefficient (Wildman–Crippen LogP) is 0.979. The number of carbonyl (C=O) groups excluding carboxylic acids is 2. The predicted molar refractivity (Wildman–Crippen MR) is 70.9 cm³/mol. The van der Waals surface area contributed by atoms with Gasteiger partial charge in [0.2, 0.25) is 5.91 Å². The molecule has 1 aromatic carbocycles. The Labute approximate surface area is 115 Å². The normalized spacial score (nSPS) is 15.4. The van der Waals surface area contributed by atoms with Crippen LogP contribution in [0.15, 0.2) is 24.3 Å². The van der Waals surface area contributed by atoms with E-state index in [9.17, 15) is 19.7 Å². The van der Waals surface area contributed by atoms with Gasteiger partial charge in [0.25, 0.3) is 11.6 Å². The second-order valence-electron chi connectivity index (χ2n) is 4.91. The van der Waals surface area contributed by atoms with E-state index in [1.54, 1.807) is 0 Å². The molecule has 7 nitrogen and oxygen atoms in total. The number of primary amides is 1. The van der Waals surface area contributed by atoms with Crippen molar-refractivity contribution in [1.29, 1.82) is 0 Å². The molecule has 3 N–H and O–H groups in total. The fourth-order valence-electron chi connectivity index (χ4n) is 1.94. The summed E-state index contributed by atoms with van der Waals surface area (Å²) in [5.74, 6) is -0.688. The molecule has 0 radical (unpaired) electrons. The van der Waals surface area contributed by atoms with Gasteiger partial charge in [0.1, 0.15) is 6.04 Å². The van der Waals surface area contributed by atoms with Gasteiger partial charge < -0.3 is 11.1 Å². The van der Waals surface area contributed by atoms with Crippen molar-refractivity contribution in [2.24, 2.45) is 11.7 Å². The highest BCUT2D eigenvalue weighted by atomic mass is 16.6. The zero-order chi connectivity index (χ0) is 14.7. The molecule has 1 aliphatic carbocycles. The fourth-order valence-corrected chi connectivity index (χ4v) is 1.94. The van der Waals surface area contributed by atoms with Crippen molar-refractivity contribution in [3.8, 4) is 0 Å². The summed E-state index contributed by atoms with van der Waals surface area (Å²) in [7, 11) is 0. The standard InChI is InChI=1S/C13H15N3O4/c14-12(17)11(6-8-4-5-8)15-13(18)9-2-1-3-10(7-9)16(19)20/h1-3,7-8,11H,4-6H2,(H2,14,17)(H,15,18)/t11-/m1/s1. The van der Waals surface area contributed by atoms with Crippen LogP contribution in [-0.4, -0.2) is 22.8 Å². The first kappa shape index (κ1) is 14.0. The summed E-state index contributed by atoms with van der Waals surface area (Å²) >= 11 is 0. The lowest BCUT2D eigenvalue weighted by Crippen LogP contribution is -2.44. The minimum absolute atomic E-state index is 0.140. The third-order valence-electron chi connectivity index (χ3n) is 3.23. The lowest BCUT2D eigenvalue weighted by atomic mass is 10.1. The van der Waals surface area contributed by atoms with Gasteiger partial charge in [0.15, 0.2) is 0 Å².